The largest absolute Gasteiger partial charge is 0.369 e. The second-order valence-electron chi connectivity index (χ2n) is 6.91. The number of amides is 1. The van der Waals surface area contributed by atoms with Gasteiger partial charge in [-0.15, -0.1) is 0 Å². The molecule has 0 bridgehead atoms. The number of rotatable bonds is 3. The maximum atomic E-state index is 14.7. The molecule has 150 valence electrons. The summed E-state index contributed by atoms with van der Waals surface area (Å²) in [6.07, 6.45) is 3.86. The first kappa shape index (κ1) is 20.3. The Balaban J connectivity index is 1.60. The van der Waals surface area contributed by atoms with E-state index in [1.807, 2.05) is 13.0 Å². The molecule has 0 unspecified atom stereocenters. The van der Waals surface area contributed by atoms with E-state index in [1.54, 1.807) is 24.3 Å². The Kier molecular flexibility index (Phi) is 5.86. The average Bonchev–Trinajstić information content (AvgIpc) is 3.32. The molecular formula is C21H18Cl2FN3OS. The zero-order chi connectivity index (χ0) is 20.5. The van der Waals surface area contributed by atoms with Gasteiger partial charge in [0.2, 0.25) is 0 Å². The lowest BCUT2D eigenvalue weighted by Gasteiger charge is -2.19. The Labute approximate surface area is 182 Å². The van der Waals surface area contributed by atoms with Crippen LogP contribution in [0.4, 0.5) is 15.8 Å². The number of amidine groups is 1. The standard InChI is InChI=1S/C21H18Cl2FN3OS/c1-12-9-17(27-7-2-3-8-27)15(24)10-13(12)11-18-20(28)26-21(29-18)25-16-6-4-5-14(22)19(16)23/h4-6,9-11H,2-3,7-8H2,1H3,(H,25,26,28). The van der Waals surface area contributed by atoms with Gasteiger partial charge in [0.1, 0.15) is 5.82 Å². The summed E-state index contributed by atoms with van der Waals surface area (Å²) in [6, 6.07) is 8.46. The van der Waals surface area contributed by atoms with E-state index in [0.29, 0.717) is 37.1 Å². The second kappa shape index (κ2) is 8.38. The van der Waals surface area contributed by atoms with Gasteiger partial charge in [0.05, 0.1) is 26.3 Å². The highest BCUT2D eigenvalue weighted by molar-refractivity contribution is 8.18. The molecule has 2 aliphatic heterocycles. The molecule has 1 N–H and O–H groups in total. The van der Waals surface area contributed by atoms with Crippen LogP contribution in [0.15, 0.2) is 40.2 Å². The minimum Gasteiger partial charge on any atom is -0.369 e. The Morgan fingerprint density at radius 2 is 2.00 bits per heavy atom. The molecule has 0 aromatic heterocycles. The van der Waals surface area contributed by atoms with Crippen molar-refractivity contribution in [3.05, 3.63) is 62.2 Å². The molecule has 0 saturated carbocycles. The Bertz CT molecular complexity index is 1050. The minimum atomic E-state index is -0.282. The lowest BCUT2D eigenvalue weighted by molar-refractivity contribution is -0.115. The molecule has 2 aliphatic rings. The van der Waals surface area contributed by atoms with E-state index >= 15 is 0 Å². The molecule has 0 radical (unpaired) electrons. The number of hydrogen-bond acceptors (Lipinski definition) is 4. The average molecular weight is 450 g/mol. The number of benzene rings is 2. The number of anilines is 1. The lowest BCUT2D eigenvalue weighted by atomic mass is 10.1. The number of aliphatic imine (C=N–C) groups is 1. The summed E-state index contributed by atoms with van der Waals surface area (Å²) < 4.78 is 14.7. The van der Waals surface area contributed by atoms with Crippen LogP contribution < -0.4 is 10.2 Å². The summed E-state index contributed by atoms with van der Waals surface area (Å²) in [5.74, 6) is -0.553. The Morgan fingerprint density at radius 3 is 2.76 bits per heavy atom. The number of carbonyl (C=O) groups excluding carboxylic acids is 1. The fourth-order valence-corrected chi connectivity index (χ4v) is 4.51. The fraction of sp³-hybridized carbons (Fsp3) is 0.238. The summed E-state index contributed by atoms with van der Waals surface area (Å²) in [6.45, 7) is 3.67. The zero-order valence-electron chi connectivity index (χ0n) is 15.6. The van der Waals surface area contributed by atoms with Gasteiger partial charge in [-0.05, 0) is 73.0 Å². The van der Waals surface area contributed by atoms with Crippen molar-refractivity contribution in [2.75, 3.05) is 18.0 Å². The molecular weight excluding hydrogens is 432 g/mol. The molecule has 4 rings (SSSR count). The van der Waals surface area contributed by atoms with Crippen LogP contribution in [0, 0.1) is 12.7 Å². The van der Waals surface area contributed by atoms with E-state index in [-0.39, 0.29) is 11.7 Å². The van der Waals surface area contributed by atoms with Crippen LogP contribution in [0.3, 0.4) is 0 Å². The molecule has 4 nitrogen and oxygen atoms in total. The van der Waals surface area contributed by atoms with E-state index < -0.39 is 0 Å². The number of nitrogens with one attached hydrogen (secondary N) is 1. The highest BCUT2D eigenvalue weighted by Gasteiger charge is 2.25. The predicted octanol–water partition coefficient (Wildman–Crippen LogP) is 5.93. The Morgan fingerprint density at radius 1 is 1.24 bits per heavy atom. The van der Waals surface area contributed by atoms with Gasteiger partial charge in [-0.2, -0.15) is 0 Å². The van der Waals surface area contributed by atoms with Crippen molar-refractivity contribution in [3.63, 3.8) is 0 Å². The molecule has 8 heteroatoms. The third-order valence-corrected chi connectivity index (χ3v) is 6.59. The van der Waals surface area contributed by atoms with Crippen LogP contribution in [0.2, 0.25) is 10.0 Å². The number of halogens is 3. The van der Waals surface area contributed by atoms with E-state index in [9.17, 15) is 9.18 Å². The van der Waals surface area contributed by atoms with Gasteiger partial charge in [0.15, 0.2) is 5.17 Å². The summed E-state index contributed by atoms with van der Waals surface area (Å²) in [5.41, 5.74) is 2.69. The van der Waals surface area contributed by atoms with Gasteiger partial charge in [0, 0.05) is 13.1 Å². The quantitative estimate of drug-likeness (QED) is 0.590. The second-order valence-corrected chi connectivity index (χ2v) is 8.72. The summed E-state index contributed by atoms with van der Waals surface area (Å²) in [5, 5.41) is 3.83. The molecule has 2 aromatic carbocycles. The van der Waals surface area contributed by atoms with Crippen LogP contribution in [0.5, 0.6) is 0 Å². The Hall–Kier alpha value is -2.02. The van der Waals surface area contributed by atoms with Crippen LogP contribution in [0.25, 0.3) is 6.08 Å². The molecule has 2 aromatic rings. The molecule has 2 fully saturated rings. The highest BCUT2D eigenvalue weighted by Crippen LogP contribution is 2.35. The van der Waals surface area contributed by atoms with Crippen molar-refractivity contribution < 1.29 is 9.18 Å². The number of aryl methyl sites for hydroxylation is 1. The van der Waals surface area contributed by atoms with Crippen molar-refractivity contribution in [1.29, 1.82) is 0 Å². The van der Waals surface area contributed by atoms with Crippen molar-refractivity contribution in [2.45, 2.75) is 19.8 Å². The summed E-state index contributed by atoms with van der Waals surface area (Å²) in [7, 11) is 0. The maximum Gasteiger partial charge on any atom is 0.264 e. The van der Waals surface area contributed by atoms with Crippen LogP contribution >= 0.6 is 35.0 Å². The van der Waals surface area contributed by atoms with Gasteiger partial charge >= 0.3 is 0 Å². The third kappa shape index (κ3) is 4.29. The van der Waals surface area contributed by atoms with Crippen molar-refractivity contribution in [2.24, 2.45) is 4.99 Å². The first-order valence-corrected chi connectivity index (χ1v) is 10.8. The smallest absolute Gasteiger partial charge is 0.264 e. The molecule has 2 heterocycles. The van der Waals surface area contributed by atoms with Gasteiger partial charge < -0.3 is 10.2 Å². The minimum absolute atomic E-state index is 0.271. The lowest BCUT2D eigenvalue weighted by Crippen LogP contribution is -2.19. The number of carbonyl (C=O) groups is 1. The number of nitrogens with zero attached hydrogens (tertiary/aromatic N) is 2. The van der Waals surface area contributed by atoms with Crippen molar-refractivity contribution >= 4 is 63.5 Å². The summed E-state index contributed by atoms with van der Waals surface area (Å²) in [4.78, 5) is 19.2. The third-order valence-electron chi connectivity index (χ3n) is 4.87. The van der Waals surface area contributed by atoms with Crippen LogP contribution in [0.1, 0.15) is 24.0 Å². The zero-order valence-corrected chi connectivity index (χ0v) is 18.0. The number of thioether (sulfide) groups is 1. The first-order chi connectivity index (χ1) is 13.9. The predicted molar refractivity (Wildman–Crippen MR) is 120 cm³/mol. The van der Waals surface area contributed by atoms with Gasteiger partial charge in [-0.25, -0.2) is 9.38 Å². The van der Waals surface area contributed by atoms with Gasteiger partial charge in [0.25, 0.3) is 5.91 Å². The first-order valence-electron chi connectivity index (χ1n) is 9.21. The number of hydrogen-bond donors (Lipinski definition) is 1. The molecule has 2 saturated heterocycles. The van der Waals surface area contributed by atoms with Gasteiger partial charge in [-0.3, -0.25) is 4.79 Å². The maximum absolute atomic E-state index is 14.7. The van der Waals surface area contributed by atoms with E-state index in [0.717, 1.165) is 31.5 Å². The van der Waals surface area contributed by atoms with E-state index in [1.165, 1.54) is 17.8 Å². The normalized spacial score (nSPS) is 19.4. The monoisotopic (exact) mass is 449 g/mol. The topological polar surface area (TPSA) is 44.7 Å². The molecule has 0 spiro atoms. The van der Waals surface area contributed by atoms with Crippen molar-refractivity contribution in [1.82, 2.24) is 5.32 Å². The molecule has 0 aliphatic carbocycles. The van der Waals surface area contributed by atoms with Crippen molar-refractivity contribution in [3.8, 4) is 0 Å². The fourth-order valence-electron chi connectivity index (χ4n) is 3.35. The van der Waals surface area contributed by atoms with Crippen LogP contribution in [-0.2, 0) is 4.79 Å². The van der Waals surface area contributed by atoms with E-state index in [4.69, 9.17) is 23.2 Å². The van der Waals surface area contributed by atoms with Gasteiger partial charge in [-0.1, -0.05) is 29.3 Å². The molecule has 0 atom stereocenters. The summed E-state index contributed by atoms with van der Waals surface area (Å²) >= 11 is 13.4. The molecule has 1 amide bonds. The molecule has 29 heavy (non-hydrogen) atoms. The van der Waals surface area contributed by atoms with Crippen LogP contribution in [-0.4, -0.2) is 24.2 Å². The van der Waals surface area contributed by atoms with E-state index in [2.05, 4.69) is 15.2 Å². The SMILES string of the molecule is Cc1cc(N2CCCC2)c(F)cc1C=C1SC(=Nc2cccc(Cl)c2Cl)NC1=O. The highest BCUT2D eigenvalue weighted by atomic mass is 35.5.